The molecule has 5 heteroatoms. The van der Waals surface area contributed by atoms with Gasteiger partial charge in [-0.15, -0.1) is 0 Å². The summed E-state index contributed by atoms with van der Waals surface area (Å²) in [6.45, 7) is 1.79. The Hall–Kier alpha value is -2.14. The van der Waals surface area contributed by atoms with Crippen LogP contribution in [0.5, 0.6) is 0 Å². The maximum absolute atomic E-state index is 12.3. The molecule has 0 spiro atoms. The predicted molar refractivity (Wildman–Crippen MR) is 90.1 cm³/mol. The van der Waals surface area contributed by atoms with Crippen molar-refractivity contribution in [1.29, 1.82) is 0 Å². The SMILES string of the molecule is CN1CCC[C@H](CNC(=O)c2ccnn2C)[C@H]1c1ccccc1. The van der Waals surface area contributed by atoms with Crippen LogP contribution >= 0.6 is 0 Å². The summed E-state index contributed by atoms with van der Waals surface area (Å²) in [5, 5.41) is 7.14. The zero-order valence-corrected chi connectivity index (χ0v) is 13.8. The molecule has 122 valence electrons. The highest BCUT2D eigenvalue weighted by Crippen LogP contribution is 2.34. The average molecular weight is 312 g/mol. The Labute approximate surface area is 137 Å². The molecular weight excluding hydrogens is 288 g/mol. The van der Waals surface area contributed by atoms with E-state index in [1.165, 1.54) is 12.0 Å². The van der Waals surface area contributed by atoms with Gasteiger partial charge in [0.25, 0.3) is 5.91 Å². The lowest BCUT2D eigenvalue weighted by Gasteiger charge is -2.39. The molecule has 23 heavy (non-hydrogen) atoms. The van der Waals surface area contributed by atoms with E-state index >= 15 is 0 Å². The van der Waals surface area contributed by atoms with Gasteiger partial charge in [0.05, 0.1) is 0 Å². The van der Waals surface area contributed by atoms with Gasteiger partial charge in [-0.3, -0.25) is 14.4 Å². The molecule has 2 atom stereocenters. The molecule has 5 nitrogen and oxygen atoms in total. The third-order valence-electron chi connectivity index (χ3n) is 4.73. The third-order valence-corrected chi connectivity index (χ3v) is 4.73. The van der Waals surface area contributed by atoms with Crippen molar-refractivity contribution in [3.8, 4) is 0 Å². The van der Waals surface area contributed by atoms with Gasteiger partial charge in [-0.25, -0.2) is 0 Å². The van der Waals surface area contributed by atoms with Crippen molar-refractivity contribution in [3.05, 3.63) is 53.9 Å². The predicted octanol–water partition coefficient (Wildman–Crippen LogP) is 2.23. The van der Waals surface area contributed by atoms with Gasteiger partial charge in [0.1, 0.15) is 5.69 Å². The van der Waals surface area contributed by atoms with Crippen LogP contribution in [-0.2, 0) is 7.05 Å². The maximum atomic E-state index is 12.3. The lowest BCUT2D eigenvalue weighted by atomic mass is 9.85. The summed E-state index contributed by atoms with van der Waals surface area (Å²) in [5.41, 5.74) is 1.93. The monoisotopic (exact) mass is 312 g/mol. The van der Waals surface area contributed by atoms with Crippen molar-refractivity contribution < 1.29 is 4.79 Å². The molecule has 1 N–H and O–H groups in total. The first-order valence-corrected chi connectivity index (χ1v) is 8.18. The quantitative estimate of drug-likeness (QED) is 0.942. The standard InChI is InChI=1S/C18H24N4O/c1-21-12-6-9-15(17(21)14-7-4-3-5-8-14)13-19-18(23)16-10-11-20-22(16)2/h3-5,7-8,10-11,15,17H,6,9,12-13H2,1-2H3,(H,19,23)/t15-,17-/m1/s1. The number of amides is 1. The summed E-state index contributed by atoms with van der Waals surface area (Å²) < 4.78 is 1.61. The maximum Gasteiger partial charge on any atom is 0.269 e. The lowest BCUT2D eigenvalue weighted by Crippen LogP contribution is -2.42. The fourth-order valence-electron chi connectivity index (χ4n) is 3.56. The summed E-state index contributed by atoms with van der Waals surface area (Å²) in [6, 6.07) is 12.7. The van der Waals surface area contributed by atoms with Crippen LogP contribution in [0.2, 0.25) is 0 Å². The van der Waals surface area contributed by atoms with Gasteiger partial charge >= 0.3 is 0 Å². The smallest absolute Gasteiger partial charge is 0.269 e. The van der Waals surface area contributed by atoms with E-state index in [0.717, 1.165) is 13.0 Å². The summed E-state index contributed by atoms with van der Waals surface area (Å²) in [5.74, 6) is 0.373. The number of carbonyl (C=O) groups is 1. The van der Waals surface area contributed by atoms with Crippen LogP contribution in [0.3, 0.4) is 0 Å². The molecular formula is C18H24N4O. The molecule has 0 saturated carbocycles. The average Bonchev–Trinajstić information content (AvgIpc) is 2.99. The van der Waals surface area contributed by atoms with Crippen LogP contribution in [0.25, 0.3) is 0 Å². The van der Waals surface area contributed by atoms with Gasteiger partial charge in [-0.05, 0) is 44.0 Å². The van der Waals surface area contributed by atoms with Crippen molar-refractivity contribution >= 4 is 5.91 Å². The lowest BCUT2D eigenvalue weighted by molar-refractivity contribution is 0.0883. The highest BCUT2D eigenvalue weighted by Gasteiger charge is 2.30. The molecule has 0 bridgehead atoms. The van der Waals surface area contributed by atoms with Crippen LogP contribution in [0.15, 0.2) is 42.6 Å². The Balaban J connectivity index is 1.70. The molecule has 1 saturated heterocycles. The number of nitrogens with zero attached hydrogens (tertiary/aromatic N) is 3. The summed E-state index contributed by atoms with van der Waals surface area (Å²) in [7, 11) is 3.96. The molecule has 0 unspecified atom stereocenters. The van der Waals surface area contributed by atoms with Crippen molar-refractivity contribution in [1.82, 2.24) is 20.0 Å². The number of carbonyl (C=O) groups excluding carboxylic acids is 1. The first-order valence-electron chi connectivity index (χ1n) is 8.18. The van der Waals surface area contributed by atoms with E-state index in [-0.39, 0.29) is 5.91 Å². The Morgan fingerprint density at radius 1 is 1.26 bits per heavy atom. The Morgan fingerprint density at radius 3 is 2.74 bits per heavy atom. The number of piperidine rings is 1. The zero-order chi connectivity index (χ0) is 16.2. The largest absolute Gasteiger partial charge is 0.350 e. The number of hydrogen-bond acceptors (Lipinski definition) is 3. The van der Waals surface area contributed by atoms with Gasteiger partial charge in [0.2, 0.25) is 0 Å². The van der Waals surface area contributed by atoms with Gasteiger partial charge in [0.15, 0.2) is 0 Å². The molecule has 3 rings (SSSR count). The van der Waals surface area contributed by atoms with Crippen LogP contribution in [-0.4, -0.2) is 40.7 Å². The highest BCUT2D eigenvalue weighted by molar-refractivity contribution is 5.92. The molecule has 0 aliphatic carbocycles. The number of likely N-dealkylation sites (tertiary alicyclic amines) is 1. The van der Waals surface area contributed by atoms with Crippen LogP contribution < -0.4 is 5.32 Å². The number of hydrogen-bond donors (Lipinski definition) is 1. The van der Waals surface area contributed by atoms with E-state index in [1.807, 2.05) is 6.07 Å². The normalized spacial score (nSPS) is 22.0. The second kappa shape index (κ2) is 6.96. The minimum Gasteiger partial charge on any atom is -0.350 e. The van der Waals surface area contributed by atoms with E-state index in [1.54, 1.807) is 24.0 Å². The van der Waals surface area contributed by atoms with Gasteiger partial charge in [-0.1, -0.05) is 30.3 Å². The second-order valence-corrected chi connectivity index (χ2v) is 6.29. The fraction of sp³-hybridized carbons (Fsp3) is 0.444. The summed E-state index contributed by atoms with van der Waals surface area (Å²) >= 11 is 0. The molecule has 1 aliphatic rings. The molecule has 1 amide bonds. The topological polar surface area (TPSA) is 50.2 Å². The van der Waals surface area contributed by atoms with Crippen molar-refractivity contribution in [2.45, 2.75) is 18.9 Å². The van der Waals surface area contributed by atoms with Gasteiger partial charge < -0.3 is 5.32 Å². The number of rotatable bonds is 4. The molecule has 2 aromatic rings. The van der Waals surface area contributed by atoms with E-state index in [4.69, 9.17) is 0 Å². The zero-order valence-electron chi connectivity index (χ0n) is 13.8. The Kier molecular flexibility index (Phi) is 4.76. The minimum atomic E-state index is -0.0509. The summed E-state index contributed by atoms with van der Waals surface area (Å²) in [4.78, 5) is 14.7. The van der Waals surface area contributed by atoms with Crippen LogP contribution in [0, 0.1) is 5.92 Å². The van der Waals surface area contributed by atoms with Crippen molar-refractivity contribution in [2.75, 3.05) is 20.1 Å². The second-order valence-electron chi connectivity index (χ2n) is 6.29. The molecule has 1 aliphatic heterocycles. The molecule has 0 radical (unpaired) electrons. The number of nitrogens with one attached hydrogen (secondary N) is 1. The minimum absolute atomic E-state index is 0.0509. The highest BCUT2D eigenvalue weighted by atomic mass is 16.2. The van der Waals surface area contributed by atoms with E-state index in [9.17, 15) is 4.79 Å². The Bertz CT molecular complexity index is 652. The molecule has 1 aromatic heterocycles. The van der Waals surface area contributed by atoms with Gasteiger partial charge in [-0.2, -0.15) is 5.10 Å². The fourth-order valence-corrected chi connectivity index (χ4v) is 3.56. The molecule has 2 heterocycles. The van der Waals surface area contributed by atoms with E-state index in [2.05, 4.69) is 46.6 Å². The third kappa shape index (κ3) is 3.45. The molecule has 1 aromatic carbocycles. The number of aryl methyl sites for hydroxylation is 1. The van der Waals surface area contributed by atoms with Crippen LogP contribution in [0.4, 0.5) is 0 Å². The van der Waals surface area contributed by atoms with Crippen LogP contribution in [0.1, 0.15) is 34.9 Å². The van der Waals surface area contributed by atoms with Crippen molar-refractivity contribution in [2.24, 2.45) is 13.0 Å². The Morgan fingerprint density at radius 2 is 2.04 bits per heavy atom. The van der Waals surface area contributed by atoms with E-state index < -0.39 is 0 Å². The summed E-state index contributed by atoms with van der Waals surface area (Å²) in [6.07, 6.45) is 3.96. The van der Waals surface area contributed by atoms with Gasteiger partial charge in [0, 0.05) is 25.8 Å². The first kappa shape index (κ1) is 15.7. The molecule has 1 fully saturated rings. The van der Waals surface area contributed by atoms with E-state index in [0.29, 0.717) is 24.2 Å². The van der Waals surface area contributed by atoms with Crippen molar-refractivity contribution in [3.63, 3.8) is 0 Å². The number of aromatic nitrogens is 2. The number of benzene rings is 1. The first-order chi connectivity index (χ1) is 11.2.